The predicted octanol–water partition coefficient (Wildman–Crippen LogP) is 26.6. The second-order valence-electron chi connectivity index (χ2n) is 26.4. The van der Waals surface area contributed by atoms with Gasteiger partial charge in [0.1, 0.15) is 6.61 Å². The zero-order valence-corrected chi connectivity index (χ0v) is 56.3. The van der Waals surface area contributed by atoms with Crippen molar-refractivity contribution in [3.8, 4) is 0 Å². The van der Waals surface area contributed by atoms with Gasteiger partial charge in [-0.1, -0.05) is 411 Å². The molecule has 0 bridgehead atoms. The predicted molar refractivity (Wildman–Crippen MR) is 362 cm³/mol. The molecule has 0 saturated heterocycles. The van der Waals surface area contributed by atoms with Gasteiger partial charge in [0.25, 0.3) is 0 Å². The van der Waals surface area contributed by atoms with E-state index in [-0.39, 0.29) is 25.2 Å². The van der Waals surface area contributed by atoms with Crippen LogP contribution in [0.3, 0.4) is 0 Å². The Labute approximate surface area is 515 Å². The molecule has 0 fully saturated rings. The summed E-state index contributed by atoms with van der Waals surface area (Å²) in [7, 11) is 0. The number of esters is 2. The maximum atomic E-state index is 12.4. The topological polar surface area (TPSA) is 72.8 Å². The fraction of sp³-hybridized carbons (Fsp3) is 0.948. The van der Waals surface area contributed by atoms with E-state index in [0.29, 0.717) is 12.8 Å². The number of ether oxygens (including phenoxy) is 2. The van der Waals surface area contributed by atoms with Gasteiger partial charge in [0, 0.05) is 12.8 Å². The van der Waals surface area contributed by atoms with E-state index in [9.17, 15) is 14.7 Å². The maximum Gasteiger partial charge on any atom is 0.306 e. The number of carbonyl (C=O) groups excluding carboxylic acids is 2. The maximum absolute atomic E-state index is 12.4. The molecule has 0 radical (unpaired) electrons. The minimum atomic E-state index is -0.767. The molecular weight excluding hydrogens is 1000 g/mol. The lowest BCUT2D eigenvalue weighted by molar-refractivity contribution is -0.161. The van der Waals surface area contributed by atoms with Crippen molar-refractivity contribution >= 4 is 11.9 Å². The Balaban J connectivity index is 3.35. The monoisotopic (exact) mass is 1160 g/mol. The summed E-state index contributed by atoms with van der Waals surface area (Å²) in [6, 6.07) is 0. The minimum absolute atomic E-state index is 0.0562. The highest BCUT2D eigenvalue weighted by Gasteiger charge is 2.16. The number of allylic oxidation sites excluding steroid dienone is 2. The van der Waals surface area contributed by atoms with Crippen LogP contribution in [0.5, 0.6) is 0 Å². The highest BCUT2D eigenvalue weighted by Crippen LogP contribution is 2.20. The van der Waals surface area contributed by atoms with Gasteiger partial charge in [-0.3, -0.25) is 9.59 Å². The second-order valence-corrected chi connectivity index (χ2v) is 26.4. The van der Waals surface area contributed by atoms with Crippen LogP contribution in [0.25, 0.3) is 0 Å². The van der Waals surface area contributed by atoms with E-state index in [1.165, 1.54) is 392 Å². The Morgan fingerprint density at radius 2 is 0.451 bits per heavy atom. The van der Waals surface area contributed by atoms with Gasteiger partial charge in [-0.15, -0.1) is 0 Å². The average molecular weight is 1160 g/mol. The molecule has 0 aliphatic heterocycles. The quantitative estimate of drug-likeness (QED) is 0.0373. The first kappa shape index (κ1) is 80.6. The molecular formula is C77H150O5. The van der Waals surface area contributed by atoms with Gasteiger partial charge in [-0.05, 0) is 38.5 Å². The molecule has 0 aromatic heterocycles. The number of hydrogen-bond acceptors (Lipinski definition) is 5. The van der Waals surface area contributed by atoms with Crippen molar-refractivity contribution in [2.45, 2.75) is 457 Å². The molecule has 0 amide bonds. The van der Waals surface area contributed by atoms with Crippen LogP contribution in [-0.2, 0) is 19.1 Å². The normalized spacial score (nSPS) is 12.1. The molecule has 5 heteroatoms. The zero-order chi connectivity index (χ0) is 59.1. The van der Waals surface area contributed by atoms with E-state index in [1.54, 1.807) is 0 Å². The number of carbonyl (C=O) groups is 2. The van der Waals surface area contributed by atoms with E-state index < -0.39 is 6.10 Å². The van der Waals surface area contributed by atoms with Crippen molar-refractivity contribution in [3.63, 3.8) is 0 Å². The first-order chi connectivity index (χ1) is 40.6. The van der Waals surface area contributed by atoms with Gasteiger partial charge in [0.05, 0.1) is 6.61 Å². The Bertz CT molecular complexity index is 1220. The molecule has 0 aliphatic carbocycles. The van der Waals surface area contributed by atoms with Gasteiger partial charge in [-0.25, -0.2) is 0 Å². The van der Waals surface area contributed by atoms with Gasteiger partial charge < -0.3 is 14.6 Å². The third kappa shape index (κ3) is 71.1. The lowest BCUT2D eigenvalue weighted by Crippen LogP contribution is -2.28. The third-order valence-corrected chi connectivity index (χ3v) is 18.1. The lowest BCUT2D eigenvalue weighted by atomic mass is 10.0. The van der Waals surface area contributed by atoms with Crippen LogP contribution in [-0.4, -0.2) is 36.4 Å². The average Bonchev–Trinajstić information content (AvgIpc) is 3.49. The summed E-state index contributed by atoms with van der Waals surface area (Å²) in [5, 5.41) is 9.72. The van der Waals surface area contributed by atoms with E-state index in [0.717, 1.165) is 32.1 Å². The van der Waals surface area contributed by atoms with Crippen LogP contribution in [0, 0.1) is 0 Å². The molecule has 488 valence electrons. The van der Waals surface area contributed by atoms with Crippen molar-refractivity contribution < 1.29 is 24.2 Å². The standard InChI is InChI=1S/C77H150O5/c1-3-5-7-9-11-13-15-17-19-21-23-25-27-29-31-33-35-37-38-40-42-44-46-48-50-52-54-56-58-60-62-64-66-68-70-72-77(80)82-75(73-78)74-81-76(79)71-69-67-65-63-61-59-57-55-53-51-49-47-45-43-41-39-36-34-32-30-28-26-24-22-20-18-16-14-12-10-8-6-4-2/h21,23,75,78H,3-20,22,24-74H2,1-2H3/b23-21-. The van der Waals surface area contributed by atoms with Gasteiger partial charge >= 0.3 is 11.9 Å². The fourth-order valence-electron chi connectivity index (χ4n) is 12.3. The number of rotatable bonds is 73. The molecule has 0 aliphatic rings. The van der Waals surface area contributed by atoms with Crippen LogP contribution in [0.2, 0.25) is 0 Å². The van der Waals surface area contributed by atoms with E-state index >= 15 is 0 Å². The summed E-state index contributed by atoms with van der Waals surface area (Å²) in [4.78, 5) is 24.7. The van der Waals surface area contributed by atoms with Gasteiger partial charge in [-0.2, -0.15) is 0 Å². The molecule has 0 heterocycles. The molecule has 0 saturated carbocycles. The minimum Gasteiger partial charge on any atom is -0.462 e. The Morgan fingerprint density at radius 3 is 0.659 bits per heavy atom. The van der Waals surface area contributed by atoms with Crippen molar-refractivity contribution in [1.82, 2.24) is 0 Å². The van der Waals surface area contributed by atoms with Crippen LogP contribution in [0.1, 0.15) is 450 Å². The van der Waals surface area contributed by atoms with Gasteiger partial charge in [0.15, 0.2) is 6.10 Å². The zero-order valence-electron chi connectivity index (χ0n) is 56.3. The summed E-state index contributed by atoms with van der Waals surface area (Å²) in [6.07, 6.45) is 95.8. The highest BCUT2D eigenvalue weighted by atomic mass is 16.6. The van der Waals surface area contributed by atoms with Crippen LogP contribution >= 0.6 is 0 Å². The molecule has 1 N–H and O–H groups in total. The third-order valence-electron chi connectivity index (χ3n) is 18.1. The van der Waals surface area contributed by atoms with E-state index in [4.69, 9.17) is 9.47 Å². The van der Waals surface area contributed by atoms with Crippen molar-refractivity contribution in [2.75, 3.05) is 13.2 Å². The molecule has 1 unspecified atom stereocenters. The highest BCUT2D eigenvalue weighted by molar-refractivity contribution is 5.70. The molecule has 82 heavy (non-hydrogen) atoms. The number of hydrogen-bond donors (Lipinski definition) is 1. The summed E-state index contributed by atoms with van der Waals surface area (Å²) in [6.45, 7) is 4.22. The molecule has 0 aromatic carbocycles. The van der Waals surface area contributed by atoms with Crippen LogP contribution < -0.4 is 0 Å². The fourth-order valence-corrected chi connectivity index (χ4v) is 12.3. The van der Waals surface area contributed by atoms with Crippen LogP contribution in [0.15, 0.2) is 12.2 Å². The molecule has 1 atom stereocenters. The molecule has 5 nitrogen and oxygen atoms in total. The van der Waals surface area contributed by atoms with E-state index in [1.807, 2.05) is 0 Å². The number of aliphatic hydroxyl groups excluding tert-OH is 1. The Kier molecular flexibility index (Phi) is 72.7. The number of unbranched alkanes of at least 4 members (excludes halogenated alkanes) is 63. The van der Waals surface area contributed by atoms with Crippen molar-refractivity contribution in [1.29, 1.82) is 0 Å². The molecule has 0 aromatic rings. The SMILES string of the molecule is CCCCCCCCCC/C=C\CCCCCCCCCCCCCCCCCCCCCCCCCC(=O)OC(CO)COC(=O)CCCCCCCCCCCCCCCCCCCCCCCCCCCCCCCCCCC. The first-order valence-electron chi connectivity index (χ1n) is 38.2. The molecule has 0 rings (SSSR count). The first-order valence-corrected chi connectivity index (χ1v) is 38.2. The Hall–Kier alpha value is -1.36. The summed E-state index contributed by atoms with van der Waals surface area (Å²) in [5.41, 5.74) is 0. The van der Waals surface area contributed by atoms with Crippen molar-refractivity contribution in [2.24, 2.45) is 0 Å². The van der Waals surface area contributed by atoms with Crippen LogP contribution in [0.4, 0.5) is 0 Å². The number of aliphatic hydroxyl groups is 1. The van der Waals surface area contributed by atoms with Gasteiger partial charge in [0.2, 0.25) is 0 Å². The lowest BCUT2D eigenvalue weighted by Gasteiger charge is -2.15. The Morgan fingerprint density at radius 1 is 0.268 bits per heavy atom. The summed E-state index contributed by atoms with van der Waals surface area (Å²) < 4.78 is 10.8. The van der Waals surface area contributed by atoms with Crippen molar-refractivity contribution in [3.05, 3.63) is 12.2 Å². The summed E-state index contributed by atoms with van der Waals surface area (Å²) in [5.74, 6) is -0.558. The van der Waals surface area contributed by atoms with E-state index in [2.05, 4.69) is 26.0 Å². The smallest absolute Gasteiger partial charge is 0.306 e. The summed E-state index contributed by atoms with van der Waals surface area (Å²) >= 11 is 0. The molecule has 0 spiro atoms. The largest absolute Gasteiger partial charge is 0.462 e. The second kappa shape index (κ2) is 73.9.